The van der Waals surface area contributed by atoms with E-state index in [9.17, 15) is 24.0 Å². The Balaban J connectivity index is 0.000000183. The Morgan fingerprint density at radius 1 is 0.867 bits per heavy atom. The molecule has 3 unspecified atom stereocenters. The van der Waals surface area contributed by atoms with Crippen LogP contribution < -0.4 is 20.2 Å². The summed E-state index contributed by atoms with van der Waals surface area (Å²) in [6.45, 7) is 12.4. The number of pyridine rings is 1. The van der Waals surface area contributed by atoms with Crippen molar-refractivity contribution in [3.05, 3.63) is 77.5 Å². The predicted octanol–water partition coefficient (Wildman–Crippen LogP) is 8.96. The van der Waals surface area contributed by atoms with Crippen LogP contribution in [0, 0.1) is 5.92 Å². The molecule has 12 heteroatoms. The molecule has 0 bridgehead atoms. The second kappa shape index (κ2) is 25.3. The second-order valence-corrected chi connectivity index (χ2v) is 17.1. The SMILES string of the molecule is C1CCCCC1.C=CC1CC1(NC=O)C(=O)NSC1CC1.CC.CC1CCCN1C(=O)CCC(=O)N1CCCCC1.COc1ccc2c(=O)cc(-c3ccccc3)[nH]c2c1. The largest absolute Gasteiger partial charge is 0.497 e. The number of fused-ring (bicyclic) bond motifs is 1. The number of aromatic amines is 1. The summed E-state index contributed by atoms with van der Waals surface area (Å²) in [7, 11) is 1.61. The van der Waals surface area contributed by atoms with E-state index >= 15 is 0 Å². The average Bonchev–Trinajstić information content (AvgIpc) is 4.23. The van der Waals surface area contributed by atoms with Gasteiger partial charge in [0.05, 0.1) is 12.6 Å². The predicted molar refractivity (Wildman–Crippen MR) is 245 cm³/mol. The maximum Gasteiger partial charge on any atom is 0.256 e. The number of methoxy groups -OCH3 is 1. The topological polar surface area (TPSA) is 141 Å². The summed E-state index contributed by atoms with van der Waals surface area (Å²) in [5.74, 6) is 1.02. The van der Waals surface area contributed by atoms with Crippen molar-refractivity contribution < 1.29 is 23.9 Å². The van der Waals surface area contributed by atoms with Crippen molar-refractivity contribution in [2.24, 2.45) is 5.92 Å². The summed E-state index contributed by atoms with van der Waals surface area (Å²) in [4.78, 5) is 65.5. The summed E-state index contributed by atoms with van der Waals surface area (Å²) in [6, 6.07) is 17.2. The van der Waals surface area contributed by atoms with Crippen LogP contribution in [0.2, 0.25) is 0 Å². The van der Waals surface area contributed by atoms with E-state index in [4.69, 9.17) is 4.74 Å². The minimum absolute atomic E-state index is 0.00950. The number of nitrogens with zero attached hydrogens (tertiary/aromatic N) is 2. The smallest absolute Gasteiger partial charge is 0.256 e. The molecule has 4 amide bonds. The standard InChI is InChI=1S/C16H13NO2.C14H24N2O2.C10H14N2O2S.C6H12.C2H6/c1-19-12-7-8-13-15(9-12)17-14(10-16(13)18)11-5-3-2-4-6-11;1-12-6-5-11-16(12)14(18)8-7-13(17)15-9-3-2-4-10-15;1-2-7-5-10(7,11-6-13)9(14)12-15-8-3-4-8;1-2-4-6-5-3-1;1-2/h2-10H,1H3,(H,17,18);12H,2-11H2,1H3;2,6-8H,1,3-5H2,(H,11,13)(H,12,14);1-6H2;1-2H3. The summed E-state index contributed by atoms with van der Waals surface area (Å²) >= 11 is 1.47. The summed E-state index contributed by atoms with van der Waals surface area (Å²) in [5, 5.41) is 3.84. The van der Waals surface area contributed by atoms with Crippen molar-refractivity contribution in [3.8, 4) is 17.0 Å². The van der Waals surface area contributed by atoms with Gasteiger partial charge in [0, 0.05) is 72.9 Å². The molecule has 2 aromatic carbocycles. The summed E-state index contributed by atoms with van der Waals surface area (Å²) in [5.41, 5.74) is 1.88. The molecular formula is C48H69N5O6S. The van der Waals surface area contributed by atoms with Gasteiger partial charge in [-0.2, -0.15) is 0 Å². The molecule has 5 aliphatic rings. The third-order valence-electron chi connectivity index (χ3n) is 11.6. The summed E-state index contributed by atoms with van der Waals surface area (Å²) < 4.78 is 7.99. The lowest BCUT2D eigenvalue weighted by Gasteiger charge is -2.27. The maximum atomic E-state index is 12.1. The monoisotopic (exact) mass is 843 g/mol. The highest BCUT2D eigenvalue weighted by Gasteiger charge is 2.58. The van der Waals surface area contributed by atoms with Gasteiger partial charge in [0.15, 0.2) is 5.43 Å². The Hall–Kier alpha value is -4.58. The van der Waals surface area contributed by atoms with Crippen molar-refractivity contribution in [1.29, 1.82) is 0 Å². The first-order chi connectivity index (χ1) is 29.2. The minimum Gasteiger partial charge on any atom is -0.497 e. The number of amides is 4. The average molecular weight is 844 g/mol. The van der Waals surface area contributed by atoms with Crippen LogP contribution in [0.1, 0.15) is 124 Å². The lowest BCUT2D eigenvalue weighted by Crippen LogP contribution is -2.45. The maximum absolute atomic E-state index is 12.1. The fraction of sp³-hybridized carbons (Fsp3) is 0.562. The zero-order valence-corrected chi connectivity index (χ0v) is 37.3. The fourth-order valence-corrected chi connectivity index (χ4v) is 8.57. The first kappa shape index (κ1) is 48.1. The molecule has 3 aliphatic carbocycles. The lowest BCUT2D eigenvalue weighted by molar-refractivity contribution is -0.137. The van der Waals surface area contributed by atoms with Crippen molar-refractivity contribution >= 4 is 47.0 Å². The van der Waals surface area contributed by atoms with Gasteiger partial charge in [0.2, 0.25) is 18.2 Å². The number of H-pyrrole nitrogens is 1. The van der Waals surface area contributed by atoms with Crippen LogP contribution in [0.25, 0.3) is 22.2 Å². The molecule has 0 spiro atoms. The van der Waals surface area contributed by atoms with E-state index in [0.29, 0.717) is 42.4 Å². The molecular weight excluding hydrogens is 775 g/mol. The number of rotatable bonds is 11. The van der Waals surface area contributed by atoms with Gasteiger partial charge >= 0.3 is 0 Å². The number of likely N-dealkylation sites (tertiary alicyclic amines) is 2. The fourth-order valence-electron chi connectivity index (χ4n) is 7.74. The number of carbonyl (C=O) groups excluding carboxylic acids is 4. The molecule has 3 saturated carbocycles. The van der Waals surface area contributed by atoms with Crippen molar-refractivity contribution in [3.63, 3.8) is 0 Å². The number of aromatic nitrogens is 1. The quantitative estimate of drug-likeness (QED) is 0.0995. The molecule has 3 N–H and O–H groups in total. The number of hydrogen-bond donors (Lipinski definition) is 3. The van der Waals surface area contributed by atoms with Crippen LogP contribution >= 0.6 is 11.9 Å². The zero-order valence-electron chi connectivity index (χ0n) is 36.5. The normalized spacial score (nSPS) is 21.4. The first-order valence-corrected chi connectivity index (χ1v) is 23.2. The van der Waals surface area contributed by atoms with Crippen LogP contribution in [0.15, 0.2) is 72.0 Å². The van der Waals surface area contributed by atoms with E-state index in [-0.39, 0.29) is 29.1 Å². The molecule has 11 nitrogen and oxygen atoms in total. The van der Waals surface area contributed by atoms with Crippen LogP contribution in [-0.4, -0.2) is 82.5 Å². The Labute approximate surface area is 362 Å². The number of piperidine rings is 1. The Kier molecular flexibility index (Phi) is 20.2. The molecule has 1 aromatic heterocycles. The minimum atomic E-state index is -0.717. The molecule has 5 fully saturated rings. The molecule has 3 aromatic rings. The van der Waals surface area contributed by atoms with Crippen molar-refractivity contribution in [2.45, 2.75) is 140 Å². The van der Waals surface area contributed by atoms with E-state index < -0.39 is 5.54 Å². The first-order valence-electron chi connectivity index (χ1n) is 22.3. The molecule has 0 radical (unpaired) electrons. The van der Waals surface area contributed by atoms with E-state index in [2.05, 4.69) is 28.5 Å². The van der Waals surface area contributed by atoms with Gasteiger partial charge in [-0.15, -0.1) is 6.58 Å². The number of benzene rings is 2. The highest BCUT2D eigenvalue weighted by molar-refractivity contribution is 7.98. The van der Waals surface area contributed by atoms with E-state index in [1.54, 1.807) is 31.4 Å². The molecule has 3 heterocycles. The van der Waals surface area contributed by atoms with Crippen molar-refractivity contribution in [2.75, 3.05) is 26.7 Å². The van der Waals surface area contributed by atoms with E-state index in [0.717, 1.165) is 67.8 Å². The number of hydrogen-bond acceptors (Lipinski definition) is 7. The molecule has 60 heavy (non-hydrogen) atoms. The van der Waals surface area contributed by atoms with Crippen LogP contribution in [0.5, 0.6) is 5.75 Å². The van der Waals surface area contributed by atoms with Gasteiger partial charge < -0.3 is 24.8 Å². The van der Waals surface area contributed by atoms with Gasteiger partial charge in [-0.1, -0.05) is 88.8 Å². The van der Waals surface area contributed by atoms with Crippen LogP contribution in [0.4, 0.5) is 0 Å². The van der Waals surface area contributed by atoms with Crippen molar-refractivity contribution in [1.82, 2.24) is 24.8 Å². The number of ether oxygens (including phenoxy) is 1. The Morgan fingerprint density at radius 3 is 2.05 bits per heavy atom. The number of nitrogens with one attached hydrogen (secondary N) is 3. The highest BCUT2D eigenvalue weighted by Crippen LogP contribution is 2.45. The molecule has 3 atom stereocenters. The molecule has 2 aliphatic heterocycles. The lowest BCUT2D eigenvalue weighted by atomic mass is 10.0. The van der Waals surface area contributed by atoms with Gasteiger partial charge in [-0.3, -0.25) is 28.7 Å². The van der Waals surface area contributed by atoms with Gasteiger partial charge in [-0.05, 0) is 87.9 Å². The van der Waals surface area contributed by atoms with Crippen LogP contribution in [-0.2, 0) is 19.2 Å². The van der Waals surface area contributed by atoms with Gasteiger partial charge in [0.1, 0.15) is 11.3 Å². The Bertz CT molecular complexity index is 1860. The van der Waals surface area contributed by atoms with E-state index in [1.165, 1.54) is 69.7 Å². The van der Waals surface area contributed by atoms with Crippen LogP contribution in [0.3, 0.4) is 0 Å². The number of carbonyl (C=O) groups is 4. The third-order valence-corrected chi connectivity index (χ3v) is 12.7. The van der Waals surface area contributed by atoms with Gasteiger partial charge in [0.25, 0.3) is 5.91 Å². The molecule has 2 saturated heterocycles. The zero-order chi connectivity index (χ0) is 43.3. The van der Waals surface area contributed by atoms with E-state index in [1.807, 2.05) is 60.0 Å². The second-order valence-electron chi connectivity index (χ2n) is 16.0. The molecule has 8 rings (SSSR count). The Morgan fingerprint density at radius 2 is 1.50 bits per heavy atom. The van der Waals surface area contributed by atoms with Gasteiger partial charge in [-0.25, -0.2) is 0 Å². The highest BCUT2D eigenvalue weighted by atomic mass is 32.2. The third kappa shape index (κ3) is 14.6. The summed E-state index contributed by atoms with van der Waals surface area (Å²) in [6.07, 6.45) is 20.8. The molecule has 328 valence electrons.